The number of aromatic nitrogens is 3. The molecule has 0 aliphatic rings. The van der Waals surface area contributed by atoms with Crippen molar-refractivity contribution < 1.29 is 9.59 Å². The molecule has 0 radical (unpaired) electrons. The second-order valence-electron chi connectivity index (χ2n) is 8.91. The molecule has 2 N–H and O–H groups in total. The third-order valence-electron chi connectivity index (χ3n) is 6.12. The Balaban J connectivity index is 1.70. The summed E-state index contributed by atoms with van der Waals surface area (Å²) in [5, 5.41) is 15.8. The number of carbonyl (C=O) groups is 2. The molecule has 0 aliphatic carbocycles. The maximum atomic E-state index is 13.1. The van der Waals surface area contributed by atoms with E-state index in [-0.39, 0.29) is 11.8 Å². The van der Waals surface area contributed by atoms with E-state index in [9.17, 15) is 9.59 Å². The molecule has 0 saturated heterocycles. The van der Waals surface area contributed by atoms with Crippen molar-refractivity contribution in [2.75, 3.05) is 10.6 Å². The topological polar surface area (TPSA) is 88.9 Å². The molecule has 1 heterocycles. The van der Waals surface area contributed by atoms with E-state index in [0.29, 0.717) is 38.0 Å². The van der Waals surface area contributed by atoms with Gasteiger partial charge in [0.05, 0.1) is 16.0 Å². The molecule has 4 aromatic rings. The molecule has 39 heavy (non-hydrogen) atoms. The second kappa shape index (κ2) is 12.7. The lowest BCUT2D eigenvalue weighted by Crippen LogP contribution is -2.23. The molecule has 202 valence electrons. The lowest BCUT2D eigenvalue weighted by molar-refractivity contribution is -0.115. The number of hydrogen-bond acceptors (Lipinski definition) is 5. The van der Waals surface area contributed by atoms with Gasteiger partial charge in [0.15, 0.2) is 11.0 Å². The number of amides is 2. The van der Waals surface area contributed by atoms with Gasteiger partial charge >= 0.3 is 0 Å². The molecule has 3 aromatic carbocycles. The first-order valence-corrected chi connectivity index (χ1v) is 14.2. The molecule has 0 bridgehead atoms. The number of anilines is 2. The third-order valence-corrected chi connectivity index (χ3v) is 7.71. The van der Waals surface area contributed by atoms with Crippen molar-refractivity contribution >= 4 is 58.2 Å². The summed E-state index contributed by atoms with van der Waals surface area (Å²) in [6.45, 7) is 7.49. The minimum absolute atomic E-state index is 0.156. The van der Waals surface area contributed by atoms with Crippen LogP contribution in [0, 0.1) is 0 Å². The second-order valence-corrected chi connectivity index (χ2v) is 11.1. The Morgan fingerprint density at radius 2 is 1.54 bits per heavy atom. The molecule has 1 atom stereocenters. The standard InChI is InChI=1S/C29H29Cl2N5O2S/c1-5-19-8-7-9-20(6-2)26(19)36-27(24-15-10-21(30)16-25(24)31)34-35-29(36)39-17(3)28(38)33-23-13-11-22(12-14-23)32-18(4)37/h7-17H,5-6H2,1-4H3,(H,32,37)(H,33,38). The van der Waals surface area contributed by atoms with Crippen molar-refractivity contribution in [3.05, 3.63) is 81.8 Å². The molecule has 0 saturated carbocycles. The fourth-order valence-corrected chi connectivity index (χ4v) is 5.54. The summed E-state index contributed by atoms with van der Waals surface area (Å²) < 4.78 is 2.00. The number of aryl methyl sites for hydroxylation is 2. The number of halogens is 2. The van der Waals surface area contributed by atoms with Gasteiger partial charge in [-0.25, -0.2) is 0 Å². The molecule has 0 spiro atoms. The fourth-order valence-electron chi connectivity index (χ4n) is 4.19. The van der Waals surface area contributed by atoms with E-state index in [1.165, 1.54) is 18.7 Å². The number of thioether (sulfide) groups is 1. The Hall–Kier alpha value is -3.33. The summed E-state index contributed by atoms with van der Waals surface area (Å²) in [6.07, 6.45) is 1.62. The van der Waals surface area contributed by atoms with E-state index in [1.807, 2.05) is 17.6 Å². The van der Waals surface area contributed by atoms with Gasteiger partial charge in [-0.3, -0.25) is 14.2 Å². The normalized spacial score (nSPS) is 11.7. The lowest BCUT2D eigenvalue weighted by Gasteiger charge is -2.19. The van der Waals surface area contributed by atoms with Crippen LogP contribution in [-0.2, 0) is 22.4 Å². The van der Waals surface area contributed by atoms with Gasteiger partial charge in [-0.15, -0.1) is 10.2 Å². The van der Waals surface area contributed by atoms with Gasteiger partial charge in [0, 0.05) is 28.9 Å². The van der Waals surface area contributed by atoms with Crippen LogP contribution in [0.4, 0.5) is 11.4 Å². The molecule has 4 rings (SSSR count). The van der Waals surface area contributed by atoms with Gasteiger partial charge in [-0.2, -0.15) is 0 Å². The van der Waals surface area contributed by atoms with Gasteiger partial charge in [-0.1, -0.05) is 67.0 Å². The number of rotatable bonds is 9. The predicted octanol–water partition coefficient (Wildman–Crippen LogP) is 7.44. The first-order valence-electron chi connectivity index (χ1n) is 12.6. The van der Waals surface area contributed by atoms with Crippen LogP contribution in [-0.4, -0.2) is 31.8 Å². The summed E-state index contributed by atoms with van der Waals surface area (Å²) in [4.78, 5) is 24.4. The van der Waals surface area contributed by atoms with Crippen LogP contribution < -0.4 is 10.6 Å². The number of carbonyl (C=O) groups excluding carboxylic acids is 2. The van der Waals surface area contributed by atoms with Gasteiger partial charge in [0.1, 0.15) is 0 Å². The Morgan fingerprint density at radius 1 is 0.923 bits per heavy atom. The Bertz CT molecular complexity index is 1480. The zero-order valence-electron chi connectivity index (χ0n) is 22.1. The Labute approximate surface area is 242 Å². The number of nitrogens with zero attached hydrogens (tertiary/aromatic N) is 3. The van der Waals surface area contributed by atoms with Crippen LogP contribution >= 0.6 is 35.0 Å². The maximum Gasteiger partial charge on any atom is 0.237 e. The number of benzene rings is 3. The lowest BCUT2D eigenvalue weighted by atomic mass is 10.0. The van der Waals surface area contributed by atoms with Crippen molar-refractivity contribution in [2.24, 2.45) is 0 Å². The summed E-state index contributed by atoms with van der Waals surface area (Å²) >= 11 is 14.1. The van der Waals surface area contributed by atoms with Crippen molar-refractivity contribution in [2.45, 2.75) is 50.9 Å². The van der Waals surface area contributed by atoms with Crippen LogP contribution in [0.3, 0.4) is 0 Å². The SMILES string of the molecule is CCc1cccc(CC)c1-n1c(SC(C)C(=O)Nc2ccc(NC(C)=O)cc2)nnc1-c1ccc(Cl)cc1Cl. The van der Waals surface area contributed by atoms with Crippen LogP contribution in [0.25, 0.3) is 17.1 Å². The Morgan fingerprint density at radius 3 is 2.10 bits per heavy atom. The highest BCUT2D eigenvalue weighted by Gasteiger charge is 2.25. The van der Waals surface area contributed by atoms with Crippen LogP contribution in [0.5, 0.6) is 0 Å². The van der Waals surface area contributed by atoms with Gasteiger partial charge in [-0.05, 0) is 73.4 Å². The maximum absolute atomic E-state index is 13.1. The smallest absolute Gasteiger partial charge is 0.237 e. The van der Waals surface area contributed by atoms with E-state index in [4.69, 9.17) is 23.2 Å². The molecule has 7 nitrogen and oxygen atoms in total. The van der Waals surface area contributed by atoms with Crippen molar-refractivity contribution in [3.63, 3.8) is 0 Å². The first-order chi connectivity index (χ1) is 18.7. The first kappa shape index (κ1) is 28.7. The summed E-state index contributed by atoms with van der Waals surface area (Å²) in [5.74, 6) is 0.236. The zero-order valence-corrected chi connectivity index (χ0v) is 24.4. The average Bonchev–Trinajstić information content (AvgIpc) is 3.31. The summed E-state index contributed by atoms with van der Waals surface area (Å²) in [5.41, 5.74) is 5.26. The van der Waals surface area contributed by atoms with Crippen molar-refractivity contribution in [1.82, 2.24) is 14.8 Å². The molecular weight excluding hydrogens is 553 g/mol. The van der Waals surface area contributed by atoms with E-state index >= 15 is 0 Å². The van der Waals surface area contributed by atoms with E-state index < -0.39 is 5.25 Å². The largest absolute Gasteiger partial charge is 0.326 e. The fraction of sp³-hybridized carbons (Fsp3) is 0.241. The zero-order chi connectivity index (χ0) is 28.1. The summed E-state index contributed by atoms with van der Waals surface area (Å²) in [6, 6.07) is 18.5. The van der Waals surface area contributed by atoms with E-state index in [1.54, 1.807) is 36.4 Å². The van der Waals surface area contributed by atoms with E-state index in [2.05, 4.69) is 52.9 Å². The van der Waals surface area contributed by atoms with Crippen molar-refractivity contribution in [3.8, 4) is 17.1 Å². The highest BCUT2D eigenvalue weighted by molar-refractivity contribution is 8.00. The van der Waals surface area contributed by atoms with Crippen LogP contribution in [0.1, 0.15) is 38.8 Å². The molecule has 1 aromatic heterocycles. The number of para-hydroxylation sites is 1. The molecule has 0 fully saturated rings. The third kappa shape index (κ3) is 6.64. The van der Waals surface area contributed by atoms with Crippen LogP contribution in [0.15, 0.2) is 65.8 Å². The van der Waals surface area contributed by atoms with Gasteiger partial charge in [0.2, 0.25) is 11.8 Å². The predicted molar refractivity (Wildman–Crippen MR) is 160 cm³/mol. The van der Waals surface area contributed by atoms with Gasteiger partial charge < -0.3 is 10.6 Å². The highest BCUT2D eigenvalue weighted by Crippen LogP contribution is 2.37. The van der Waals surface area contributed by atoms with Crippen molar-refractivity contribution in [1.29, 1.82) is 0 Å². The average molecular weight is 583 g/mol. The van der Waals surface area contributed by atoms with Crippen LogP contribution in [0.2, 0.25) is 10.0 Å². The highest BCUT2D eigenvalue weighted by atomic mass is 35.5. The van der Waals surface area contributed by atoms with Gasteiger partial charge in [0.25, 0.3) is 0 Å². The molecule has 1 unspecified atom stereocenters. The number of hydrogen-bond donors (Lipinski definition) is 2. The van der Waals surface area contributed by atoms with E-state index in [0.717, 1.165) is 29.7 Å². The minimum Gasteiger partial charge on any atom is -0.326 e. The quantitative estimate of drug-likeness (QED) is 0.200. The number of nitrogens with one attached hydrogen (secondary N) is 2. The Kier molecular flexibility index (Phi) is 9.32. The minimum atomic E-state index is -0.490. The molecule has 10 heteroatoms. The monoisotopic (exact) mass is 581 g/mol. The molecular formula is C29H29Cl2N5O2S. The summed E-state index contributed by atoms with van der Waals surface area (Å²) in [7, 11) is 0. The molecule has 0 aliphatic heterocycles. The molecule has 2 amide bonds.